The van der Waals surface area contributed by atoms with Crippen LogP contribution in [0.1, 0.15) is 0 Å². The Balaban J connectivity index is 3.53. The minimum Gasteiger partial charge on any atom is -0.395 e. The molecule has 3 N–H and O–H groups in total. The highest BCUT2D eigenvalue weighted by atomic mass is 32.2. The Morgan fingerprint density at radius 3 is 2.60 bits per heavy atom. The highest BCUT2D eigenvalue weighted by Crippen LogP contribution is 2.08. The summed E-state index contributed by atoms with van der Waals surface area (Å²) in [6.45, 7) is 0.623. The molecule has 0 radical (unpaired) electrons. The molecule has 0 aliphatic carbocycles. The van der Waals surface area contributed by atoms with E-state index in [9.17, 15) is 0 Å². The van der Waals surface area contributed by atoms with Crippen LogP contribution in [-0.4, -0.2) is 43.0 Å². The summed E-state index contributed by atoms with van der Waals surface area (Å²) in [5.41, 5.74) is 5.64. The molecule has 0 saturated heterocycles. The lowest BCUT2D eigenvalue weighted by Crippen LogP contribution is -2.38. The Morgan fingerprint density at radius 2 is 2.30 bits per heavy atom. The predicted molar refractivity (Wildman–Crippen MR) is 44.2 cm³/mol. The first-order chi connectivity index (χ1) is 4.76. The number of aliphatic hydroxyl groups excluding tert-OH is 1. The minimum absolute atomic E-state index is 0.0648. The van der Waals surface area contributed by atoms with Crippen molar-refractivity contribution in [1.82, 2.24) is 0 Å². The van der Waals surface area contributed by atoms with Crippen LogP contribution in [0.3, 0.4) is 0 Å². The molecule has 0 aliphatic heterocycles. The molecule has 2 atom stereocenters. The van der Waals surface area contributed by atoms with E-state index < -0.39 is 0 Å². The Labute approximate surface area is 65.9 Å². The number of aliphatic hydroxyl groups is 1. The molecule has 0 spiro atoms. The van der Waals surface area contributed by atoms with Crippen LogP contribution in [0.4, 0.5) is 0 Å². The molecule has 2 unspecified atom stereocenters. The van der Waals surface area contributed by atoms with Crippen LogP contribution in [0, 0.1) is 0 Å². The van der Waals surface area contributed by atoms with Gasteiger partial charge in [0.2, 0.25) is 0 Å². The van der Waals surface area contributed by atoms with E-state index in [0.717, 1.165) is 0 Å². The van der Waals surface area contributed by atoms with E-state index >= 15 is 0 Å². The highest BCUT2D eigenvalue weighted by molar-refractivity contribution is 7.99. The number of methoxy groups -OCH3 is 1. The molecule has 0 saturated carbocycles. The summed E-state index contributed by atoms with van der Waals surface area (Å²) in [5.74, 6) is 0. The summed E-state index contributed by atoms with van der Waals surface area (Å²) in [6, 6.07) is -0.0648. The number of thioether (sulfide) groups is 1. The van der Waals surface area contributed by atoms with Gasteiger partial charge in [0.15, 0.2) is 0 Å². The van der Waals surface area contributed by atoms with Crippen molar-refractivity contribution >= 4 is 11.8 Å². The van der Waals surface area contributed by atoms with Crippen molar-refractivity contribution in [2.45, 2.75) is 11.3 Å². The Bertz CT molecular complexity index is 78.1. The third-order valence-electron chi connectivity index (χ3n) is 1.32. The molecule has 0 bridgehead atoms. The molecule has 10 heavy (non-hydrogen) atoms. The second-order valence-corrected chi connectivity index (χ2v) is 3.15. The zero-order chi connectivity index (χ0) is 7.98. The Morgan fingerprint density at radius 1 is 1.70 bits per heavy atom. The lowest BCUT2D eigenvalue weighted by Gasteiger charge is -2.18. The number of ether oxygens (including phenoxy) is 1. The molecule has 0 aromatic carbocycles. The quantitative estimate of drug-likeness (QED) is 0.586. The maximum Gasteiger partial charge on any atom is 0.0625 e. The molecular formula is C6H15NO2S. The number of rotatable bonds is 5. The van der Waals surface area contributed by atoms with Gasteiger partial charge in [-0.25, -0.2) is 0 Å². The van der Waals surface area contributed by atoms with Crippen LogP contribution in [0.2, 0.25) is 0 Å². The maximum atomic E-state index is 8.77. The van der Waals surface area contributed by atoms with Gasteiger partial charge in [-0.3, -0.25) is 0 Å². The van der Waals surface area contributed by atoms with Crippen molar-refractivity contribution in [3.8, 4) is 0 Å². The third-order valence-corrected chi connectivity index (χ3v) is 2.42. The monoisotopic (exact) mass is 165 g/mol. The first kappa shape index (κ1) is 10.2. The molecule has 3 nitrogen and oxygen atoms in total. The van der Waals surface area contributed by atoms with Gasteiger partial charge in [0.1, 0.15) is 0 Å². The van der Waals surface area contributed by atoms with Crippen LogP contribution in [0.5, 0.6) is 0 Å². The van der Waals surface area contributed by atoms with E-state index in [4.69, 9.17) is 15.6 Å². The van der Waals surface area contributed by atoms with Crippen molar-refractivity contribution < 1.29 is 9.84 Å². The molecular weight excluding hydrogens is 150 g/mol. The van der Waals surface area contributed by atoms with E-state index in [1.165, 1.54) is 0 Å². The molecule has 0 aromatic rings. The summed E-state index contributed by atoms with van der Waals surface area (Å²) < 4.78 is 4.84. The highest BCUT2D eigenvalue weighted by Gasteiger charge is 2.14. The van der Waals surface area contributed by atoms with Gasteiger partial charge in [-0.05, 0) is 6.26 Å². The van der Waals surface area contributed by atoms with E-state index in [-0.39, 0.29) is 17.9 Å². The number of hydrogen-bond donors (Lipinski definition) is 2. The zero-order valence-corrected chi connectivity index (χ0v) is 7.23. The van der Waals surface area contributed by atoms with Gasteiger partial charge < -0.3 is 15.6 Å². The smallest absolute Gasteiger partial charge is 0.0625 e. The van der Waals surface area contributed by atoms with Crippen LogP contribution >= 0.6 is 11.8 Å². The normalized spacial score (nSPS) is 16.8. The van der Waals surface area contributed by atoms with E-state index in [0.29, 0.717) is 6.61 Å². The zero-order valence-electron chi connectivity index (χ0n) is 6.41. The third kappa shape index (κ3) is 3.41. The second kappa shape index (κ2) is 5.97. The predicted octanol–water partition coefficient (Wildman–Crippen LogP) is -0.316. The van der Waals surface area contributed by atoms with Crippen LogP contribution < -0.4 is 5.73 Å². The van der Waals surface area contributed by atoms with Gasteiger partial charge >= 0.3 is 0 Å². The van der Waals surface area contributed by atoms with Crippen LogP contribution in [0.15, 0.2) is 0 Å². The minimum atomic E-state index is -0.0648. The standard InChI is InChI=1S/C6H15NO2S/c1-9-4-5(7)6(3-8)10-2/h5-6,8H,3-4,7H2,1-2H3. The van der Waals surface area contributed by atoms with Gasteiger partial charge in [0.25, 0.3) is 0 Å². The second-order valence-electron chi connectivity index (χ2n) is 2.08. The average Bonchev–Trinajstić information content (AvgIpc) is 1.91. The lowest BCUT2D eigenvalue weighted by molar-refractivity contribution is 0.167. The molecule has 4 heteroatoms. The van der Waals surface area contributed by atoms with Crippen molar-refractivity contribution in [3.05, 3.63) is 0 Å². The van der Waals surface area contributed by atoms with Crippen LogP contribution in [-0.2, 0) is 4.74 Å². The average molecular weight is 165 g/mol. The fourth-order valence-corrected chi connectivity index (χ4v) is 1.26. The first-order valence-electron chi connectivity index (χ1n) is 3.14. The number of nitrogens with two attached hydrogens (primary N) is 1. The Hall–Kier alpha value is 0.230. The number of hydrogen-bond acceptors (Lipinski definition) is 4. The van der Waals surface area contributed by atoms with Crippen molar-refractivity contribution in [2.75, 3.05) is 26.6 Å². The van der Waals surface area contributed by atoms with Crippen LogP contribution in [0.25, 0.3) is 0 Å². The Kier molecular flexibility index (Phi) is 6.11. The summed E-state index contributed by atoms with van der Waals surface area (Å²) in [5, 5.41) is 8.86. The molecule has 0 amide bonds. The van der Waals surface area contributed by atoms with Gasteiger partial charge in [-0.15, -0.1) is 0 Å². The fourth-order valence-electron chi connectivity index (χ4n) is 0.684. The molecule has 0 rings (SSSR count). The molecule has 0 fully saturated rings. The molecule has 0 aromatic heterocycles. The molecule has 0 heterocycles. The van der Waals surface area contributed by atoms with Crippen molar-refractivity contribution in [1.29, 1.82) is 0 Å². The summed E-state index contributed by atoms with van der Waals surface area (Å²) in [7, 11) is 1.61. The summed E-state index contributed by atoms with van der Waals surface area (Å²) in [6.07, 6.45) is 1.93. The SMILES string of the molecule is COCC(N)C(CO)SC. The maximum absolute atomic E-state index is 8.77. The largest absolute Gasteiger partial charge is 0.395 e. The van der Waals surface area contributed by atoms with Crippen molar-refractivity contribution in [2.24, 2.45) is 5.73 Å². The van der Waals surface area contributed by atoms with Gasteiger partial charge in [-0.1, -0.05) is 0 Å². The van der Waals surface area contributed by atoms with E-state index in [1.807, 2.05) is 6.26 Å². The summed E-state index contributed by atoms with van der Waals surface area (Å²) in [4.78, 5) is 0. The topological polar surface area (TPSA) is 55.5 Å². The van der Waals surface area contributed by atoms with Gasteiger partial charge in [-0.2, -0.15) is 11.8 Å². The fraction of sp³-hybridized carbons (Fsp3) is 1.00. The van der Waals surface area contributed by atoms with Crippen molar-refractivity contribution in [3.63, 3.8) is 0 Å². The lowest BCUT2D eigenvalue weighted by atomic mass is 10.2. The van der Waals surface area contributed by atoms with Gasteiger partial charge in [0, 0.05) is 18.4 Å². The molecule has 0 aliphatic rings. The van der Waals surface area contributed by atoms with E-state index in [1.54, 1.807) is 18.9 Å². The van der Waals surface area contributed by atoms with E-state index in [2.05, 4.69) is 0 Å². The molecule has 62 valence electrons. The summed E-state index contributed by atoms with van der Waals surface area (Å²) >= 11 is 1.56. The first-order valence-corrected chi connectivity index (χ1v) is 4.43. The van der Waals surface area contributed by atoms with Gasteiger partial charge in [0.05, 0.1) is 13.2 Å².